The molecule has 0 radical (unpaired) electrons. The molecule has 0 unspecified atom stereocenters. The summed E-state index contributed by atoms with van der Waals surface area (Å²) in [5.74, 6) is 0.489. The molecular formula is C21H25N3O. The molecule has 1 aromatic carbocycles. The normalized spacial score (nSPS) is 22.9. The molecule has 0 saturated carbocycles. The zero-order chi connectivity index (χ0) is 17.3. The van der Waals surface area contributed by atoms with Gasteiger partial charge in [-0.15, -0.1) is 0 Å². The van der Waals surface area contributed by atoms with Gasteiger partial charge in [0, 0.05) is 43.2 Å². The fourth-order valence-electron chi connectivity index (χ4n) is 4.42. The maximum absolute atomic E-state index is 12.2. The number of nitrogens with zero attached hydrogens (tertiary/aromatic N) is 2. The highest BCUT2D eigenvalue weighted by Gasteiger charge is 2.48. The Bertz CT molecular complexity index is 751. The van der Waals surface area contributed by atoms with Crippen LogP contribution in [0.25, 0.3) is 0 Å². The first-order valence-electron chi connectivity index (χ1n) is 9.15. The van der Waals surface area contributed by atoms with Gasteiger partial charge in [-0.2, -0.15) is 0 Å². The van der Waals surface area contributed by atoms with E-state index in [0.717, 1.165) is 43.9 Å². The van der Waals surface area contributed by atoms with Crippen LogP contribution in [0.4, 0.5) is 0 Å². The minimum atomic E-state index is -0.0744. The first-order chi connectivity index (χ1) is 12.1. The van der Waals surface area contributed by atoms with Gasteiger partial charge < -0.3 is 5.32 Å². The average molecular weight is 335 g/mol. The van der Waals surface area contributed by atoms with Gasteiger partial charge in [0.2, 0.25) is 5.91 Å². The van der Waals surface area contributed by atoms with Gasteiger partial charge in [0.05, 0.1) is 5.69 Å². The summed E-state index contributed by atoms with van der Waals surface area (Å²) in [5, 5.41) is 3.33. The van der Waals surface area contributed by atoms with E-state index in [-0.39, 0.29) is 11.4 Å². The van der Waals surface area contributed by atoms with Gasteiger partial charge in [0.15, 0.2) is 0 Å². The quantitative estimate of drug-likeness (QED) is 0.938. The highest BCUT2D eigenvalue weighted by Crippen LogP contribution is 2.43. The molecule has 0 bridgehead atoms. The van der Waals surface area contributed by atoms with Crippen molar-refractivity contribution < 1.29 is 4.79 Å². The molecular weight excluding hydrogens is 310 g/mol. The number of likely N-dealkylation sites (tertiary alicyclic amines) is 1. The zero-order valence-corrected chi connectivity index (χ0v) is 14.7. The molecule has 1 spiro atoms. The van der Waals surface area contributed by atoms with Crippen molar-refractivity contribution in [2.75, 3.05) is 13.1 Å². The lowest BCUT2D eigenvalue weighted by Gasteiger charge is -2.43. The van der Waals surface area contributed by atoms with E-state index < -0.39 is 0 Å². The molecule has 2 aromatic rings. The van der Waals surface area contributed by atoms with E-state index >= 15 is 0 Å². The Labute approximate surface area is 149 Å². The van der Waals surface area contributed by atoms with Crippen molar-refractivity contribution in [2.45, 2.75) is 44.2 Å². The number of carbonyl (C=O) groups is 1. The average Bonchev–Trinajstić information content (AvgIpc) is 2.94. The summed E-state index contributed by atoms with van der Waals surface area (Å²) < 4.78 is 0. The highest BCUT2D eigenvalue weighted by molar-refractivity contribution is 5.81. The lowest BCUT2D eigenvalue weighted by atomic mass is 9.74. The number of amides is 1. The maximum atomic E-state index is 12.2. The van der Waals surface area contributed by atoms with Crippen LogP contribution in [-0.4, -0.2) is 34.4 Å². The predicted octanol–water partition coefficient (Wildman–Crippen LogP) is 3.03. The van der Waals surface area contributed by atoms with Gasteiger partial charge >= 0.3 is 0 Å². The van der Waals surface area contributed by atoms with E-state index in [0.29, 0.717) is 12.3 Å². The van der Waals surface area contributed by atoms with Gasteiger partial charge in [0.25, 0.3) is 0 Å². The van der Waals surface area contributed by atoms with E-state index in [9.17, 15) is 4.79 Å². The second-order valence-corrected chi connectivity index (χ2v) is 7.42. The largest absolute Gasteiger partial charge is 0.350 e. The molecule has 25 heavy (non-hydrogen) atoms. The van der Waals surface area contributed by atoms with Crippen LogP contribution in [0.2, 0.25) is 0 Å². The lowest BCUT2D eigenvalue weighted by Crippen LogP contribution is -2.53. The summed E-state index contributed by atoms with van der Waals surface area (Å²) in [6, 6.07) is 16.7. The summed E-state index contributed by atoms with van der Waals surface area (Å²) in [6.07, 6.45) is 2.62. The number of aromatic nitrogens is 1. The number of hydrogen-bond donors (Lipinski definition) is 1. The molecule has 0 aliphatic carbocycles. The molecule has 3 heterocycles. The minimum Gasteiger partial charge on any atom is -0.350 e. The molecule has 4 nitrogen and oxygen atoms in total. The molecule has 2 aliphatic heterocycles. The molecule has 4 heteroatoms. The van der Waals surface area contributed by atoms with Crippen LogP contribution < -0.4 is 5.32 Å². The van der Waals surface area contributed by atoms with Gasteiger partial charge in [-0.05, 0) is 37.5 Å². The number of rotatable bonds is 3. The molecule has 4 rings (SSSR count). The second-order valence-electron chi connectivity index (χ2n) is 7.42. The summed E-state index contributed by atoms with van der Waals surface area (Å²) in [5.41, 5.74) is 3.41. The third-order valence-corrected chi connectivity index (χ3v) is 5.73. The SMILES string of the molecule is Cc1cccc(CN2CCC3(CC2)NC(=O)C[C@@H]3c2ccccc2)n1. The summed E-state index contributed by atoms with van der Waals surface area (Å²) >= 11 is 0. The standard InChI is InChI=1S/C21H25N3O/c1-16-6-5-9-18(22-16)15-24-12-10-21(11-13-24)19(14-20(25)23-21)17-7-3-2-4-8-17/h2-9,19H,10-15H2,1H3,(H,23,25)/t19-/m1/s1. The Morgan fingerprint density at radius 3 is 2.60 bits per heavy atom. The predicted molar refractivity (Wildman–Crippen MR) is 98.2 cm³/mol. The Hall–Kier alpha value is -2.20. The first-order valence-corrected chi connectivity index (χ1v) is 9.15. The number of piperidine rings is 1. The fraction of sp³-hybridized carbons (Fsp3) is 0.429. The maximum Gasteiger partial charge on any atom is 0.221 e. The fourth-order valence-corrected chi connectivity index (χ4v) is 4.42. The number of carbonyl (C=O) groups excluding carboxylic acids is 1. The topological polar surface area (TPSA) is 45.2 Å². The van der Waals surface area contributed by atoms with E-state index in [1.54, 1.807) is 0 Å². The third-order valence-electron chi connectivity index (χ3n) is 5.73. The van der Waals surface area contributed by atoms with E-state index in [1.807, 2.05) is 19.1 Å². The molecule has 1 atom stereocenters. The van der Waals surface area contributed by atoms with Crippen molar-refractivity contribution in [3.05, 3.63) is 65.5 Å². The van der Waals surface area contributed by atoms with Crippen LogP contribution in [-0.2, 0) is 11.3 Å². The molecule has 130 valence electrons. The van der Waals surface area contributed by atoms with Gasteiger partial charge in [0.1, 0.15) is 0 Å². The summed E-state index contributed by atoms with van der Waals surface area (Å²) in [6.45, 7) is 4.92. The van der Waals surface area contributed by atoms with Gasteiger partial charge in [-0.25, -0.2) is 0 Å². The number of hydrogen-bond acceptors (Lipinski definition) is 3. The molecule has 1 aromatic heterocycles. The van der Waals surface area contributed by atoms with Crippen LogP contribution in [0.3, 0.4) is 0 Å². The van der Waals surface area contributed by atoms with Crippen LogP contribution in [0.5, 0.6) is 0 Å². The van der Waals surface area contributed by atoms with E-state index in [1.165, 1.54) is 5.56 Å². The minimum absolute atomic E-state index is 0.0744. The van der Waals surface area contributed by atoms with Gasteiger partial charge in [-0.3, -0.25) is 14.7 Å². The van der Waals surface area contributed by atoms with Crippen LogP contribution in [0.15, 0.2) is 48.5 Å². The first kappa shape index (κ1) is 16.3. The smallest absolute Gasteiger partial charge is 0.221 e. The third kappa shape index (κ3) is 3.31. The molecule has 2 aliphatic rings. The van der Waals surface area contributed by atoms with Crippen LogP contribution in [0, 0.1) is 6.92 Å². The van der Waals surface area contributed by atoms with E-state index in [2.05, 4.69) is 51.6 Å². The molecule has 2 fully saturated rings. The Balaban J connectivity index is 1.47. The van der Waals surface area contributed by atoms with Crippen molar-refractivity contribution in [1.82, 2.24) is 15.2 Å². The Kier molecular flexibility index (Phi) is 4.30. The number of nitrogens with one attached hydrogen (secondary N) is 1. The van der Waals surface area contributed by atoms with Crippen molar-refractivity contribution in [1.29, 1.82) is 0 Å². The van der Waals surface area contributed by atoms with E-state index in [4.69, 9.17) is 0 Å². The number of pyridine rings is 1. The lowest BCUT2D eigenvalue weighted by molar-refractivity contribution is -0.120. The Morgan fingerprint density at radius 1 is 1.12 bits per heavy atom. The number of aryl methyl sites for hydroxylation is 1. The highest BCUT2D eigenvalue weighted by atomic mass is 16.2. The Morgan fingerprint density at radius 2 is 1.88 bits per heavy atom. The molecule has 1 amide bonds. The summed E-state index contributed by atoms with van der Waals surface area (Å²) in [4.78, 5) is 19.3. The van der Waals surface area contributed by atoms with Gasteiger partial charge in [-0.1, -0.05) is 36.4 Å². The van der Waals surface area contributed by atoms with Crippen molar-refractivity contribution >= 4 is 5.91 Å². The molecule has 2 saturated heterocycles. The molecule has 1 N–H and O–H groups in total. The second kappa shape index (κ2) is 6.60. The van der Waals surface area contributed by atoms with Crippen LogP contribution in [0.1, 0.15) is 42.1 Å². The van der Waals surface area contributed by atoms with Crippen LogP contribution >= 0.6 is 0 Å². The van der Waals surface area contributed by atoms with Crippen molar-refractivity contribution in [3.8, 4) is 0 Å². The number of benzene rings is 1. The monoisotopic (exact) mass is 335 g/mol. The zero-order valence-electron chi connectivity index (χ0n) is 14.7. The summed E-state index contributed by atoms with van der Waals surface area (Å²) in [7, 11) is 0. The van der Waals surface area contributed by atoms with Crippen molar-refractivity contribution in [3.63, 3.8) is 0 Å². The van der Waals surface area contributed by atoms with Crippen molar-refractivity contribution in [2.24, 2.45) is 0 Å².